The van der Waals surface area contributed by atoms with Crippen LogP contribution in [-0.4, -0.2) is 96.9 Å². The number of nitrogens with one attached hydrogen (secondary N) is 3. The second-order valence-electron chi connectivity index (χ2n) is 11.5. The number of sulfone groups is 1. The molecular weight excluding hydrogens is 662 g/mol. The average molecular weight is 705 g/mol. The van der Waals surface area contributed by atoms with Crippen molar-refractivity contribution in [3.05, 3.63) is 101 Å². The van der Waals surface area contributed by atoms with Crippen molar-refractivity contribution in [3.8, 4) is 0 Å². The first-order chi connectivity index (χ1) is 23.3. The second kappa shape index (κ2) is 19.0. The fraction of sp³-hybridized carbons (Fsp3) is 0.412. The van der Waals surface area contributed by atoms with Gasteiger partial charge in [0.2, 0.25) is 5.91 Å². The Bertz CT molecular complexity index is 1610. The lowest BCUT2D eigenvalue weighted by atomic mass is 9.92. The van der Waals surface area contributed by atoms with E-state index >= 15 is 0 Å². The van der Waals surface area contributed by atoms with Crippen LogP contribution in [0.5, 0.6) is 0 Å². The van der Waals surface area contributed by atoms with Crippen LogP contribution in [0.2, 0.25) is 0 Å². The molecule has 0 spiro atoms. The Hall–Kier alpha value is -4.31. The molecule has 0 fully saturated rings. The molecular formula is C34H42F2N4O8S. The lowest BCUT2D eigenvalue weighted by molar-refractivity contribution is -0.125. The molecule has 5 atom stereocenters. The van der Waals surface area contributed by atoms with Gasteiger partial charge in [0.1, 0.15) is 29.9 Å². The van der Waals surface area contributed by atoms with E-state index in [1.807, 2.05) is 0 Å². The molecule has 1 aromatic heterocycles. The van der Waals surface area contributed by atoms with Gasteiger partial charge in [0.05, 0.1) is 29.2 Å². The molecule has 15 heteroatoms. The molecule has 3 rings (SSSR count). The van der Waals surface area contributed by atoms with E-state index in [1.165, 1.54) is 31.6 Å². The summed E-state index contributed by atoms with van der Waals surface area (Å²) in [6.45, 7) is 1.84. The van der Waals surface area contributed by atoms with Crippen LogP contribution in [0.1, 0.15) is 52.5 Å². The van der Waals surface area contributed by atoms with Gasteiger partial charge in [-0.1, -0.05) is 31.5 Å². The Morgan fingerprint density at radius 2 is 1.51 bits per heavy atom. The molecule has 266 valence electrons. The van der Waals surface area contributed by atoms with Crippen LogP contribution in [0.4, 0.5) is 8.78 Å². The van der Waals surface area contributed by atoms with Crippen molar-refractivity contribution in [2.24, 2.45) is 0 Å². The number of carbonyl (C=O) groups is 3. The van der Waals surface area contributed by atoms with Crippen LogP contribution in [0.3, 0.4) is 0 Å². The van der Waals surface area contributed by atoms with Crippen molar-refractivity contribution in [2.45, 2.75) is 62.9 Å². The van der Waals surface area contributed by atoms with E-state index in [0.717, 1.165) is 12.1 Å². The molecule has 0 aliphatic heterocycles. The molecule has 0 aliphatic carbocycles. The maximum atomic E-state index is 14.2. The summed E-state index contributed by atoms with van der Waals surface area (Å²) in [5, 5.41) is 30.5. The number of aromatic nitrogens is 1. The van der Waals surface area contributed by atoms with E-state index in [4.69, 9.17) is 4.74 Å². The molecule has 1 heterocycles. The highest BCUT2D eigenvalue weighted by Crippen LogP contribution is 2.17. The highest BCUT2D eigenvalue weighted by Gasteiger charge is 2.36. The minimum Gasteiger partial charge on any atom is -0.388 e. The molecule has 0 saturated carbocycles. The molecule has 0 aliphatic rings. The number of methoxy groups -OCH3 is 1. The zero-order valence-corrected chi connectivity index (χ0v) is 28.0. The Balaban J connectivity index is 1.95. The first-order valence-electron chi connectivity index (χ1n) is 15.7. The number of amides is 3. The van der Waals surface area contributed by atoms with E-state index < -0.39 is 81.7 Å². The maximum Gasteiger partial charge on any atom is 0.253 e. The first kappa shape index (κ1) is 39.1. The van der Waals surface area contributed by atoms with Gasteiger partial charge in [-0.05, 0) is 61.2 Å². The molecule has 2 aromatic carbocycles. The highest BCUT2D eigenvalue weighted by atomic mass is 32.2. The standard InChI is InChI=1S/C34H42F2N4O8S/c1-3-4-15-49(46,47)21-29(40-33(44)24-11-8-13-37-20-24)34(45)39-28(18-22-16-25(35)19-26(36)17-22)31(42)30(41)27(12-14-48-2)38-32(43)23-9-6-5-7-10-23/h5-11,13,16-17,19-20,27-31,41-42H,3-4,12,14-15,18,21H2,1-2H3,(H,38,43)(H,39,45)(H,40,44)/t27-,28+,29-,30-,31-/m1/s1. The third kappa shape index (κ3) is 12.6. The Morgan fingerprint density at radius 1 is 0.878 bits per heavy atom. The second-order valence-corrected chi connectivity index (χ2v) is 13.8. The van der Waals surface area contributed by atoms with Crippen molar-refractivity contribution >= 4 is 27.6 Å². The van der Waals surface area contributed by atoms with Crippen molar-refractivity contribution in [3.63, 3.8) is 0 Å². The molecule has 3 aromatic rings. The molecule has 12 nitrogen and oxygen atoms in total. The van der Waals surface area contributed by atoms with E-state index in [0.29, 0.717) is 18.9 Å². The summed E-state index contributed by atoms with van der Waals surface area (Å²) in [6.07, 6.45) is -0.576. The van der Waals surface area contributed by atoms with E-state index in [1.54, 1.807) is 37.3 Å². The summed E-state index contributed by atoms with van der Waals surface area (Å²) in [6, 6.07) is 9.22. The summed E-state index contributed by atoms with van der Waals surface area (Å²) >= 11 is 0. The molecule has 0 saturated heterocycles. The highest BCUT2D eigenvalue weighted by molar-refractivity contribution is 7.91. The van der Waals surface area contributed by atoms with E-state index in [2.05, 4.69) is 20.9 Å². The van der Waals surface area contributed by atoms with Crippen LogP contribution in [-0.2, 0) is 25.8 Å². The molecule has 3 amide bonds. The number of aliphatic hydroxyl groups excluding tert-OH is 2. The van der Waals surface area contributed by atoms with Gasteiger partial charge >= 0.3 is 0 Å². The predicted molar refractivity (Wildman–Crippen MR) is 177 cm³/mol. The Kier molecular flexibility index (Phi) is 15.2. The molecule has 0 bridgehead atoms. The van der Waals surface area contributed by atoms with Gasteiger partial charge in [-0.25, -0.2) is 17.2 Å². The van der Waals surface area contributed by atoms with Gasteiger partial charge in [-0.15, -0.1) is 0 Å². The van der Waals surface area contributed by atoms with Gasteiger partial charge in [0.25, 0.3) is 11.8 Å². The van der Waals surface area contributed by atoms with Crippen LogP contribution < -0.4 is 16.0 Å². The number of hydrogen-bond donors (Lipinski definition) is 5. The number of unbranched alkanes of at least 4 members (excludes halogenated alkanes) is 1. The van der Waals surface area contributed by atoms with Gasteiger partial charge in [-0.2, -0.15) is 0 Å². The SMILES string of the molecule is CCCCS(=O)(=O)C[C@@H](NC(=O)c1cccnc1)C(=O)N[C@@H](Cc1cc(F)cc(F)c1)[C@@H](O)[C@H](O)[C@@H](CCOC)NC(=O)c1ccccc1. The quantitative estimate of drug-likeness (QED) is 0.125. The van der Waals surface area contributed by atoms with Crippen LogP contribution in [0, 0.1) is 11.6 Å². The molecule has 5 N–H and O–H groups in total. The van der Waals surface area contributed by atoms with Gasteiger partial charge < -0.3 is 30.9 Å². The Morgan fingerprint density at radius 3 is 2.12 bits per heavy atom. The number of nitrogens with zero attached hydrogens (tertiary/aromatic N) is 1. The van der Waals surface area contributed by atoms with Crippen molar-refractivity contribution in [2.75, 3.05) is 25.2 Å². The maximum absolute atomic E-state index is 14.2. The van der Waals surface area contributed by atoms with E-state index in [9.17, 15) is 41.8 Å². The monoisotopic (exact) mass is 704 g/mol. The fourth-order valence-electron chi connectivity index (χ4n) is 5.04. The lowest BCUT2D eigenvalue weighted by Gasteiger charge is -2.33. The third-order valence-electron chi connectivity index (χ3n) is 7.64. The summed E-state index contributed by atoms with van der Waals surface area (Å²) in [5.41, 5.74) is 0.300. The third-order valence-corrected chi connectivity index (χ3v) is 9.39. The zero-order chi connectivity index (χ0) is 36.0. The summed E-state index contributed by atoms with van der Waals surface area (Å²) < 4.78 is 59.4. The largest absolute Gasteiger partial charge is 0.388 e. The number of rotatable bonds is 19. The normalized spacial score (nSPS) is 14.6. The summed E-state index contributed by atoms with van der Waals surface area (Å²) in [4.78, 5) is 43.6. The number of benzene rings is 2. The topological polar surface area (TPSA) is 184 Å². The molecule has 49 heavy (non-hydrogen) atoms. The number of halogens is 2. The Labute approximate surface area is 284 Å². The van der Waals surface area contributed by atoms with Gasteiger partial charge in [-0.3, -0.25) is 19.4 Å². The average Bonchev–Trinajstić information content (AvgIpc) is 3.08. The van der Waals surface area contributed by atoms with Crippen LogP contribution in [0.15, 0.2) is 73.1 Å². The van der Waals surface area contributed by atoms with Crippen molar-refractivity contribution < 1.29 is 46.5 Å². The number of carbonyl (C=O) groups excluding carboxylic acids is 3. The van der Waals surface area contributed by atoms with Gasteiger partial charge in [0, 0.05) is 37.7 Å². The van der Waals surface area contributed by atoms with Crippen LogP contribution >= 0.6 is 0 Å². The number of pyridine rings is 1. The number of ether oxygens (including phenoxy) is 1. The van der Waals surface area contributed by atoms with E-state index in [-0.39, 0.29) is 35.5 Å². The number of aliphatic hydroxyl groups is 2. The smallest absolute Gasteiger partial charge is 0.253 e. The summed E-state index contributed by atoms with van der Waals surface area (Å²) in [7, 11) is -2.49. The molecule has 0 unspecified atom stereocenters. The van der Waals surface area contributed by atoms with Crippen molar-refractivity contribution in [1.82, 2.24) is 20.9 Å². The predicted octanol–water partition coefficient (Wildman–Crippen LogP) is 1.96. The minimum atomic E-state index is -3.89. The zero-order valence-electron chi connectivity index (χ0n) is 27.2. The lowest BCUT2D eigenvalue weighted by Crippen LogP contribution is -2.60. The first-order valence-corrected chi connectivity index (χ1v) is 17.5. The van der Waals surface area contributed by atoms with Gasteiger partial charge in [0.15, 0.2) is 9.84 Å². The minimum absolute atomic E-state index is 0.0117. The van der Waals surface area contributed by atoms with Crippen molar-refractivity contribution in [1.29, 1.82) is 0 Å². The number of hydrogen-bond acceptors (Lipinski definition) is 9. The molecule has 0 radical (unpaired) electrons. The van der Waals surface area contributed by atoms with Crippen LogP contribution in [0.25, 0.3) is 0 Å². The summed E-state index contributed by atoms with van der Waals surface area (Å²) in [5.74, 6) is -5.35. The fourth-order valence-corrected chi connectivity index (χ4v) is 6.67.